The van der Waals surface area contributed by atoms with Crippen LogP contribution in [0.4, 0.5) is 0 Å². The summed E-state index contributed by atoms with van der Waals surface area (Å²) in [6, 6.07) is 15.9. The monoisotopic (exact) mass is 385 g/mol. The van der Waals surface area contributed by atoms with Crippen LogP contribution in [0, 0.1) is 5.92 Å². The second-order valence-corrected chi connectivity index (χ2v) is 6.98. The zero-order valence-corrected chi connectivity index (χ0v) is 15.5. The molecular weight excluding hydrogens is 366 g/mol. The molecule has 1 aliphatic rings. The molecule has 0 saturated heterocycles. The summed E-state index contributed by atoms with van der Waals surface area (Å²) in [6.07, 6.45) is 0. The van der Waals surface area contributed by atoms with Crippen LogP contribution in [0.3, 0.4) is 0 Å². The highest BCUT2D eigenvalue weighted by Crippen LogP contribution is 2.40. The fourth-order valence-electron chi connectivity index (χ4n) is 2.87. The average Bonchev–Trinajstić information content (AvgIpc) is 2.94. The highest BCUT2D eigenvalue weighted by atomic mass is 79.9. The van der Waals surface area contributed by atoms with E-state index in [1.54, 1.807) is 7.11 Å². The van der Waals surface area contributed by atoms with Gasteiger partial charge in [-0.15, -0.1) is 0 Å². The van der Waals surface area contributed by atoms with Crippen molar-refractivity contribution < 1.29 is 4.74 Å². The number of amidine groups is 1. The molecule has 0 aromatic heterocycles. The van der Waals surface area contributed by atoms with Gasteiger partial charge in [-0.05, 0) is 30.2 Å². The van der Waals surface area contributed by atoms with Crippen LogP contribution in [0.2, 0.25) is 0 Å². The normalized spacial score (nSPS) is 20.0. The highest BCUT2D eigenvalue weighted by molar-refractivity contribution is 9.10. The predicted molar refractivity (Wildman–Crippen MR) is 102 cm³/mol. The number of rotatable bonds is 4. The predicted octanol–water partition coefficient (Wildman–Crippen LogP) is 4.13. The molecule has 5 heteroatoms. The van der Waals surface area contributed by atoms with E-state index >= 15 is 0 Å². The molecule has 2 N–H and O–H groups in total. The van der Waals surface area contributed by atoms with Crippen molar-refractivity contribution >= 4 is 27.5 Å². The van der Waals surface area contributed by atoms with Gasteiger partial charge in [0.05, 0.1) is 12.8 Å². The minimum atomic E-state index is -0.847. The van der Waals surface area contributed by atoms with E-state index in [-0.39, 0.29) is 5.92 Å². The molecule has 2 aromatic rings. The van der Waals surface area contributed by atoms with E-state index in [1.165, 1.54) is 0 Å². The molecule has 1 atom stereocenters. The number of halogens is 1. The molecule has 0 fully saturated rings. The van der Waals surface area contributed by atoms with E-state index in [0.717, 1.165) is 27.1 Å². The van der Waals surface area contributed by atoms with Gasteiger partial charge in [-0.25, -0.2) is 9.98 Å². The smallest absolute Gasteiger partial charge is 0.204 e. The van der Waals surface area contributed by atoms with E-state index in [0.29, 0.717) is 5.84 Å². The Morgan fingerprint density at radius 2 is 1.75 bits per heavy atom. The molecule has 24 heavy (non-hydrogen) atoms. The van der Waals surface area contributed by atoms with E-state index in [1.807, 2.05) is 48.5 Å². The van der Waals surface area contributed by atoms with Crippen molar-refractivity contribution in [2.45, 2.75) is 19.5 Å². The topological polar surface area (TPSA) is 60.0 Å². The van der Waals surface area contributed by atoms with Crippen LogP contribution in [0.25, 0.3) is 0 Å². The van der Waals surface area contributed by atoms with Crippen molar-refractivity contribution in [1.82, 2.24) is 0 Å². The number of nitrogens with zero attached hydrogens (tertiary/aromatic N) is 2. The fourth-order valence-corrected chi connectivity index (χ4v) is 3.27. The van der Waals surface area contributed by atoms with Crippen LogP contribution in [0.5, 0.6) is 5.75 Å². The summed E-state index contributed by atoms with van der Waals surface area (Å²) >= 11 is 3.54. The van der Waals surface area contributed by atoms with Gasteiger partial charge < -0.3 is 10.5 Å². The van der Waals surface area contributed by atoms with Gasteiger partial charge in [0.1, 0.15) is 11.6 Å². The maximum absolute atomic E-state index is 6.21. The van der Waals surface area contributed by atoms with Gasteiger partial charge in [-0.3, -0.25) is 0 Å². The lowest BCUT2D eigenvalue weighted by atomic mass is 9.92. The van der Waals surface area contributed by atoms with Crippen LogP contribution in [-0.4, -0.2) is 18.7 Å². The Labute approximate surface area is 150 Å². The summed E-state index contributed by atoms with van der Waals surface area (Å²) < 4.78 is 6.25. The van der Waals surface area contributed by atoms with Crippen LogP contribution < -0.4 is 10.5 Å². The molecule has 2 aromatic carbocycles. The van der Waals surface area contributed by atoms with Crippen molar-refractivity contribution in [2.24, 2.45) is 21.6 Å². The maximum atomic E-state index is 6.21. The van der Waals surface area contributed by atoms with Gasteiger partial charge in [-0.2, -0.15) is 0 Å². The molecule has 0 saturated carbocycles. The number of hydrogen-bond acceptors (Lipinski definition) is 4. The second kappa shape index (κ2) is 6.40. The molecule has 0 radical (unpaired) electrons. The lowest BCUT2D eigenvalue weighted by Gasteiger charge is -2.25. The van der Waals surface area contributed by atoms with E-state index in [9.17, 15) is 0 Å². The van der Waals surface area contributed by atoms with E-state index < -0.39 is 5.66 Å². The molecule has 0 aliphatic carbocycles. The van der Waals surface area contributed by atoms with Gasteiger partial charge in [0, 0.05) is 15.6 Å². The van der Waals surface area contributed by atoms with Crippen LogP contribution >= 0.6 is 15.9 Å². The second-order valence-electron chi connectivity index (χ2n) is 6.06. The van der Waals surface area contributed by atoms with E-state index in [2.05, 4.69) is 29.8 Å². The molecule has 3 rings (SSSR count). The highest BCUT2D eigenvalue weighted by Gasteiger charge is 2.39. The first-order chi connectivity index (χ1) is 11.5. The first-order valence-electron chi connectivity index (χ1n) is 7.82. The molecule has 0 amide bonds. The van der Waals surface area contributed by atoms with Gasteiger partial charge in [0.15, 0.2) is 0 Å². The zero-order chi connectivity index (χ0) is 17.3. The molecule has 1 aliphatic heterocycles. The molecule has 0 spiro atoms. The third kappa shape index (κ3) is 2.84. The fraction of sp³-hybridized carbons (Fsp3) is 0.263. The van der Waals surface area contributed by atoms with Gasteiger partial charge in [0.2, 0.25) is 5.66 Å². The minimum absolute atomic E-state index is 0.209. The zero-order valence-electron chi connectivity index (χ0n) is 14.0. The Balaban J connectivity index is 2.22. The molecule has 124 valence electrons. The lowest BCUT2D eigenvalue weighted by molar-refractivity contribution is 0.414. The summed E-state index contributed by atoms with van der Waals surface area (Å²) in [7, 11) is 1.65. The minimum Gasteiger partial charge on any atom is -0.497 e. The van der Waals surface area contributed by atoms with Crippen molar-refractivity contribution in [3.05, 3.63) is 64.1 Å². The average molecular weight is 386 g/mol. The molecule has 1 unspecified atom stereocenters. The van der Waals surface area contributed by atoms with E-state index in [4.69, 9.17) is 20.5 Å². The van der Waals surface area contributed by atoms with Crippen LogP contribution in [0.15, 0.2) is 63.0 Å². The first kappa shape index (κ1) is 16.7. The largest absolute Gasteiger partial charge is 0.497 e. The van der Waals surface area contributed by atoms with Crippen molar-refractivity contribution in [3.63, 3.8) is 0 Å². The molecule has 0 bridgehead atoms. The number of hydrogen-bond donors (Lipinski definition) is 1. The Kier molecular flexibility index (Phi) is 4.45. The number of methoxy groups -OCH3 is 1. The van der Waals surface area contributed by atoms with Crippen molar-refractivity contribution in [2.75, 3.05) is 7.11 Å². The number of benzene rings is 2. The van der Waals surface area contributed by atoms with Crippen LogP contribution in [0.1, 0.15) is 25.0 Å². The Morgan fingerprint density at radius 1 is 1.04 bits per heavy atom. The maximum Gasteiger partial charge on any atom is 0.204 e. The van der Waals surface area contributed by atoms with Gasteiger partial charge in [-0.1, -0.05) is 54.0 Å². The lowest BCUT2D eigenvalue weighted by Crippen LogP contribution is -2.25. The third-order valence-electron chi connectivity index (χ3n) is 4.09. The third-order valence-corrected chi connectivity index (χ3v) is 4.59. The summed E-state index contributed by atoms with van der Waals surface area (Å²) in [5.41, 5.74) is 8.13. The SMILES string of the molecule is COc1ccc(C2(c3cccc(Br)c3)N=C(N)C(C(C)C)=N2)cc1. The summed E-state index contributed by atoms with van der Waals surface area (Å²) in [4.78, 5) is 9.75. The van der Waals surface area contributed by atoms with Gasteiger partial charge in [0.25, 0.3) is 0 Å². The summed E-state index contributed by atoms with van der Waals surface area (Å²) in [5, 5.41) is 0. The number of nitrogens with two attached hydrogens (primary N) is 1. The number of aliphatic imine (C=N–C) groups is 2. The molecular formula is C19H20BrN3O. The van der Waals surface area contributed by atoms with Gasteiger partial charge >= 0.3 is 0 Å². The standard InChI is InChI=1S/C19H20BrN3O/c1-12(2)17-18(21)23-19(22-17,14-5-4-6-15(20)11-14)13-7-9-16(24-3)10-8-13/h4-12H,1-3H3,(H2,21,23). The van der Waals surface area contributed by atoms with Crippen molar-refractivity contribution in [1.29, 1.82) is 0 Å². The Bertz CT molecular complexity index is 812. The Morgan fingerprint density at radius 3 is 2.29 bits per heavy atom. The quantitative estimate of drug-likeness (QED) is 0.859. The molecule has 4 nitrogen and oxygen atoms in total. The number of ether oxygens (including phenoxy) is 1. The van der Waals surface area contributed by atoms with Crippen molar-refractivity contribution in [3.8, 4) is 5.75 Å². The summed E-state index contributed by atoms with van der Waals surface area (Å²) in [6.45, 7) is 4.15. The van der Waals surface area contributed by atoms with Crippen LogP contribution in [-0.2, 0) is 5.66 Å². The summed E-state index contributed by atoms with van der Waals surface area (Å²) in [5.74, 6) is 1.51. The molecule has 1 heterocycles. The Hall–Kier alpha value is -2.14. The first-order valence-corrected chi connectivity index (χ1v) is 8.61.